The first kappa shape index (κ1) is 18.7. The minimum Gasteiger partial charge on any atom is -0.482 e. The number of H-pyrrole nitrogens is 1. The van der Waals surface area contributed by atoms with Crippen molar-refractivity contribution in [2.24, 2.45) is 0 Å². The number of piperazine rings is 1. The van der Waals surface area contributed by atoms with E-state index in [2.05, 4.69) is 59.9 Å². The minimum atomic E-state index is -0.116. The van der Waals surface area contributed by atoms with Crippen LogP contribution in [0, 0.1) is 0 Å². The van der Waals surface area contributed by atoms with Gasteiger partial charge in [0, 0.05) is 44.4 Å². The molecule has 5 heteroatoms. The van der Waals surface area contributed by atoms with Crippen LogP contribution in [0.15, 0.2) is 41.2 Å². The van der Waals surface area contributed by atoms with Gasteiger partial charge < -0.3 is 4.74 Å². The topological polar surface area (TPSA) is 48.6 Å². The van der Waals surface area contributed by atoms with Crippen molar-refractivity contribution in [2.45, 2.75) is 32.4 Å². The molecule has 1 N–H and O–H groups in total. The van der Waals surface area contributed by atoms with Gasteiger partial charge in [0.05, 0.1) is 7.11 Å². The Morgan fingerprint density at radius 2 is 2.00 bits per heavy atom. The Bertz CT molecular complexity index is 800. The third kappa shape index (κ3) is 4.17. The molecular weight excluding hydrogens is 326 g/mol. The number of nitrogens with zero attached hydrogens (tertiary/aromatic N) is 2. The fraction of sp³-hybridized carbons (Fsp3) is 0.476. The summed E-state index contributed by atoms with van der Waals surface area (Å²) in [5.41, 5.74) is 3.71. The van der Waals surface area contributed by atoms with Gasteiger partial charge in [-0.25, -0.2) is 0 Å². The number of pyridine rings is 1. The van der Waals surface area contributed by atoms with E-state index in [1.54, 1.807) is 13.2 Å². The lowest BCUT2D eigenvalue weighted by atomic mass is 9.91. The van der Waals surface area contributed by atoms with E-state index >= 15 is 0 Å². The molecule has 0 saturated carbocycles. The molecule has 0 bridgehead atoms. The van der Waals surface area contributed by atoms with Crippen molar-refractivity contribution >= 4 is 0 Å². The quantitative estimate of drug-likeness (QED) is 0.896. The molecule has 2 heterocycles. The van der Waals surface area contributed by atoms with Gasteiger partial charge in [-0.1, -0.05) is 38.1 Å². The first-order chi connectivity index (χ1) is 12.5. The van der Waals surface area contributed by atoms with Crippen molar-refractivity contribution < 1.29 is 4.74 Å². The molecule has 1 aromatic heterocycles. The molecule has 1 aliphatic heterocycles. The highest BCUT2D eigenvalue weighted by Crippen LogP contribution is 2.31. The number of benzene rings is 1. The van der Waals surface area contributed by atoms with Crippen LogP contribution in [0.2, 0.25) is 0 Å². The molecule has 1 atom stereocenters. The van der Waals surface area contributed by atoms with Crippen molar-refractivity contribution in [1.82, 2.24) is 14.8 Å². The van der Waals surface area contributed by atoms with Gasteiger partial charge in [0.15, 0.2) is 5.88 Å². The van der Waals surface area contributed by atoms with E-state index in [9.17, 15) is 4.79 Å². The second kappa shape index (κ2) is 8.06. The van der Waals surface area contributed by atoms with Crippen LogP contribution in [0.3, 0.4) is 0 Å². The summed E-state index contributed by atoms with van der Waals surface area (Å²) in [6.07, 6.45) is 0. The Kier molecular flexibility index (Phi) is 5.79. The number of methoxy groups -OCH3 is 1. The van der Waals surface area contributed by atoms with Crippen molar-refractivity contribution in [2.75, 3.05) is 33.8 Å². The van der Waals surface area contributed by atoms with Crippen LogP contribution < -0.4 is 10.3 Å². The van der Waals surface area contributed by atoms with Crippen molar-refractivity contribution in [3.63, 3.8) is 0 Å². The van der Waals surface area contributed by atoms with Gasteiger partial charge in [-0.05, 0) is 29.7 Å². The number of rotatable bonds is 5. The first-order valence-corrected chi connectivity index (χ1v) is 9.26. The molecule has 26 heavy (non-hydrogen) atoms. The van der Waals surface area contributed by atoms with E-state index in [0.29, 0.717) is 17.8 Å². The van der Waals surface area contributed by atoms with Gasteiger partial charge in [0.25, 0.3) is 5.56 Å². The van der Waals surface area contributed by atoms with Crippen LogP contribution in [0.4, 0.5) is 0 Å². The van der Waals surface area contributed by atoms with Crippen molar-refractivity contribution in [3.05, 3.63) is 63.4 Å². The van der Waals surface area contributed by atoms with E-state index in [1.165, 1.54) is 11.1 Å². The van der Waals surface area contributed by atoms with Crippen molar-refractivity contribution in [1.29, 1.82) is 0 Å². The Morgan fingerprint density at radius 3 is 2.73 bits per heavy atom. The Hall–Kier alpha value is -2.11. The van der Waals surface area contributed by atoms with Crippen LogP contribution in [0.1, 0.15) is 42.5 Å². The zero-order chi connectivity index (χ0) is 18.7. The average molecular weight is 355 g/mol. The summed E-state index contributed by atoms with van der Waals surface area (Å²) in [6.45, 7) is 8.22. The van der Waals surface area contributed by atoms with Gasteiger partial charge in [0.1, 0.15) is 0 Å². The number of aromatic amines is 1. The fourth-order valence-electron chi connectivity index (χ4n) is 3.78. The number of hydrogen-bond acceptors (Lipinski definition) is 4. The summed E-state index contributed by atoms with van der Waals surface area (Å²) in [6, 6.07) is 12.7. The summed E-state index contributed by atoms with van der Waals surface area (Å²) in [7, 11) is 3.78. The molecule has 1 aromatic carbocycles. The van der Waals surface area contributed by atoms with Gasteiger partial charge >= 0.3 is 0 Å². The second-order valence-electron chi connectivity index (χ2n) is 7.44. The fourth-order valence-corrected chi connectivity index (χ4v) is 3.78. The minimum absolute atomic E-state index is 0.116. The Morgan fingerprint density at radius 1 is 1.23 bits per heavy atom. The molecule has 0 radical (unpaired) electrons. The maximum atomic E-state index is 11.8. The smallest absolute Gasteiger partial charge is 0.250 e. The van der Waals surface area contributed by atoms with E-state index in [4.69, 9.17) is 4.74 Å². The maximum absolute atomic E-state index is 11.8. The molecule has 1 unspecified atom stereocenters. The first-order valence-electron chi connectivity index (χ1n) is 9.26. The largest absolute Gasteiger partial charge is 0.482 e. The Labute approximate surface area is 155 Å². The van der Waals surface area contributed by atoms with Gasteiger partial charge in [-0.15, -0.1) is 0 Å². The predicted molar refractivity (Wildman–Crippen MR) is 105 cm³/mol. The number of hydrogen-bond donors (Lipinski definition) is 1. The average Bonchev–Trinajstić information content (AvgIpc) is 2.62. The van der Waals surface area contributed by atoms with Crippen LogP contribution in [-0.2, 0) is 6.54 Å². The lowest BCUT2D eigenvalue weighted by Crippen LogP contribution is -2.46. The lowest BCUT2D eigenvalue weighted by molar-refractivity contribution is 0.0898. The van der Waals surface area contributed by atoms with Crippen LogP contribution in [0.5, 0.6) is 5.88 Å². The summed E-state index contributed by atoms with van der Waals surface area (Å²) >= 11 is 0. The zero-order valence-corrected chi connectivity index (χ0v) is 16.2. The summed E-state index contributed by atoms with van der Waals surface area (Å²) < 4.78 is 5.19. The van der Waals surface area contributed by atoms with E-state index in [0.717, 1.165) is 31.7 Å². The monoisotopic (exact) mass is 355 g/mol. The van der Waals surface area contributed by atoms with Gasteiger partial charge in [-0.3, -0.25) is 19.6 Å². The molecule has 2 aromatic rings. The zero-order valence-electron chi connectivity index (χ0n) is 16.2. The SMILES string of the molecule is COc1cc(CN2CCN(C)C(c3ccccc3C(C)C)C2)cc(=O)[nH]1. The molecule has 1 fully saturated rings. The van der Waals surface area contributed by atoms with Crippen molar-refractivity contribution in [3.8, 4) is 5.88 Å². The number of likely N-dealkylation sites (N-methyl/N-ethyl adjacent to an activating group) is 1. The molecule has 0 amide bonds. The third-order valence-corrected chi connectivity index (χ3v) is 5.21. The molecule has 3 rings (SSSR count). The van der Waals surface area contributed by atoms with Crippen LogP contribution >= 0.6 is 0 Å². The van der Waals surface area contributed by atoms with E-state index in [1.807, 2.05) is 6.07 Å². The third-order valence-electron chi connectivity index (χ3n) is 5.21. The number of ether oxygens (including phenoxy) is 1. The highest BCUT2D eigenvalue weighted by atomic mass is 16.5. The lowest BCUT2D eigenvalue weighted by Gasteiger charge is -2.40. The summed E-state index contributed by atoms with van der Waals surface area (Å²) in [4.78, 5) is 19.4. The normalized spacial score (nSPS) is 19.0. The Balaban J connectivity index is 1.81. The highest BCUT2D eigenvalue weighted by Gasteiger charge is 2.27. The van der Waals surface area contributed by atoms with Crippen LogP contribution in [-0.4, -0.2) is 48.6 Å². The molecule has 5 nitrogen and oxygen atoms in total. The number of aromatic nitrogens is 1. The molecular formula is C21H29N3O2. The summed E-state index contributed by atoms with van der Waals surface area (Å²) in [5, 5.41) is 0. The second-order valence-corrected chi connectivity index (χ2v) is 7.44. The molecule has 0 spiro atoms. The standard InChI is InChI=1S/C21H29N3O2/c1-15(2)17-7-5-6-8-18(17)19-14-24(10-9-23(19)3)13-16-11-20(25)22-21(12-16)26-4/h5-8,11-12,15,19H,9-10,13-14H2,1-4H3,(H,22,25). The predicted octanol–water partition coefficient (Wildman–Crippen LogP) is 3.00. The van der Waals surface area contributed by atoms with Gasteiger partial charge in [-0.2, -0.15) is 0 Å². The molecule has 1 saturated heterocycles. The molecule has 0 aliphatic carbocycles. The maximum Gasteiger partial charge on any atom is 0.250 e. The molecule has 140 valence electrons. The van der Waals surface area contributed by atoms with Crippen LogP contribution in [0.25, 0.3) is 0 Å². The van der Waals surface area contributed by atoms with E-state index < -0.39 is 0 Å². The highest BCUT2D eigenvalue weighted by molar-refractivity contribution is 5.33. The number of nitrogens with one attached hydrogen (secondary N) is 1. The molecule has 1 aliphatic rings. The summed E-state index contributed by atoms with van der Waals surface area (Å²) in [5.74, 6) is 1.02. The van der Waals surface area contributed by atoms with Gasteiger partial charge in [0.2, 0.25) is 0 Å². The van der Waals surface area contributed by atoms with E-state index in [-0.39, 0.29) is 5.56 Å².